The number of hydrogen-bond acceptors (Lipinski definition) is 3. The Labute approximate surface area is 110 Å². The minimum Gasteiger partial charge on any atom is -0.405 e. The lowest BCUT2D eigenvalue weighted by atomic mass is 10.00. The molecule has 0 aliphatic carbocycles. The van der Waals surface area contributed by atoms with Crippen LogP contribution in [0.2, 0.25) is 0 Å². The predicted octanol–water partition coefficient (Wildman–Crippen LogP) is 3.67. The first-order chi connectivity index (χ1) is 8.98. The van der Waals surface area contributed by atoms with Gasteiger partial charge < -0.3 is 4.74 Å². The average molecular weight is 276 g/mol. The van der Waals surface area contributed by atoms with Crippen molar-refractivity contribution in [2.24, 2.45) is 5.84 Å². The summed E-state index contributed by atoms with van der Waals surface area (Å²) in [5.74, 6) is 5.23. The molecule has 3 N–H and O–H groups in total. The molecular weight excluding hydrogens is 257 g/mol. The van der Waals surface area contributed by atoms with Crippen LogP contribution in [0, 0.1) is 0 Å². The van der Waals surface area contributed by atoms with Gasteiger partial charge in [-0.05, 0) is 12.5 Å². The molecule has 0 heterocycles. The molecule has 0 spiro atoms. The second-order valence-electron chi connectivity index (χ2n) is 4.30. The lowest BCUT2D eigenvalue weighted by Crippen LogP contribution is -2.29. The molecule has 0 saturated heterocycles. The van der Waals surface area contributed by atoms with Crippen LogP contribution in [0.3, 0.4) is 0 Å². The Morgan fingerprint density at radius 3 is 2.53 bits per heavy atom. The average Bonchev–Trinajstić information content (AvgIpc) is 2.34. The Bertz CT molecular complexity index is 382. The van der Waals surface area contributed by atoms with Gasteiger partial charge in [-0.2, -0.15) is 0 Å². The minimum absolute atomic E-state index is 0.200. The van der Waals surface area contributed by atoms with Crippen LogP contribution < -0.4 is 16.0 Å². The Kier molecular flexibility index (Phi) is 6.11. The number of hydrazine groups is 1. The van der Waals surface area contributed by atoms with Gasteiger partial charge in [0, 0.05) is 11.6 Å². The van der Waals surface area contributed by atoms with E-state index in [2.05, 4.69) is 17.1 Å². The Morgan fingerprint density at radius 1 is 1.26 bits per heavy atom. The van der Waals surface area contributed by atoms with E-state index in [-0.39, 0.29) is 11.8 Å². The van der Waals surface area contributed by atoms with E-state index in [0.717, 1.165) is 19.3 Å². The zero-order valence-electron chi connectivity index (χ0n) is 10.8. The molecule has 1 aromatic rings. The van der Waals surface area contributed by atoms with Gasteiger partial charge >= 0.3 is 6.36 Å². The van der Waals surface area contributed by atoms with Crippen molar-refractivity contribution in [2.75, 3.05) is 0 Å². The summed E-state index contributed by atoms with van der Waals surface area (Å²) < 4.78 is 41.0. The lowest BCUT2D eigenvalue weighted by molar-refractivity contribution is -0.275. The number of hydrogen-bond donors (Lipinski definition) is 2. The molecular formula is C13H19F3N2O. The normalized spacial score (nSPS) is 13.3. The summed E-state index contributed by atoms with van der Waals surface area (Å²) in [6, 6.07) is 5.72. The van der Waals surface area contributed by atoms with Gasteiger partial charge in [0.2, 0.25) is 0 Å². The van der Waals surface area contributed by atoms with Crippen LogP contribution in [0.4, 0.5) is 13.2 Å². The molecule has 108 valence electrons. The Balaban J connectivity index is 2.84. The number of halogens is 3. The van der Waals surface area contributed by atoms with Gasteiger partial charge in [-0.1, -0.05) is 44.4 Å². The number of rotatable bonds is 7. The van der Waals surface area contributed by atoms with Crippen LogP contribution in [0.5, 0.6) is 5.75 Å². The molecule has 1 aromatic carbocycles. The number of alkyl halides is 3. The standard InChI is InChI=1S/C13H19F3N2O/c1-2-3-4-8-11(18-17)10-7-5-6-9-12(10)19-13(14,15)16/h5-7,9,11,18H,2-4,8,17H2,1H3. The molecule has 3 nitrogen and oxygen atoms in total. The zero-order chi connectivity index (χ0) is 14.3. The van der Waals surface area contributed by atoms with Gasteiger partial charge in [0.05, 0.1) is 0 Å². The number of nitrogens with one attached hydrogen (secondary N) is 1. The molecule has 1 atom stereocenters. The van der Waals surface area contributed by atoms with Crippen LogP contribution in [-0.4, -0.2) is 6.36 Å². The number of para-hydroxylation sites is 1. The first-order valence-corrected chi connectivity index (χ1v) is 6.28. The minimum atomic E-state index is -4.70. The van der Waals surface area contributed by atoms with Gasteiger partial charge in [0.15, 0.2) is 0 Å². The highest BCUT2D eigenvalue weighted by Gasteiger charge is 2.32. The van der Waals surface area contributed by atoms with Crippen LogP contribution in [-0.2, 0) is 0 Å². The summed E-state index contributed by atoms with van der Waals surface area (Å²) in [6.45, 7) is 2.06. The van der Waals surface area contributed by atoms with Crippen molar-refractivity contribution in [3.63, 3.8) is 0 Å². The summed E-state index contributed by atoms with van der Waals surface area (Å²) >= 11 is 0. The molecule has 0 aliphatic rings. The summed E-state index contributed by atoms with van der Waals surface area (Å²) in [5.41, 5.74) is 2.99. The highest BCUT2D eigenvalue weighted by molar-refractivity contribution is 5.36. The topological polar surface area (TPSA) is 47.3 Å². The van der Waals surface area contributed by atoms with Crippen molar-refractivity contribution in [3.8, 4) is 5.75 Å². The molecule has 6 heteroatoms. The molecule has 0 amide bonds. The lowest BCUT2D eigenvalue weighted by Gasteiger charge is -2.20. The molecule has 19 heavy (non-hydrogen) atoms. The monoisotopic (exact) mass is 276 g/mol. The van der Waals surface area contributed by atoms with Crippen molar-refractivity contribution in [1.82, 2.24) is 5.43 Å². The quantitative estimate of drug-likeness (QED) is 0.454. The van der Waals surface area contributed by atoms with Crippen molar-refractivity contribution < 1.29 is 17.9 Å². The second-order valence-corrected chi connectivity index (χ2v) is 4.30. The third-order valence-corrected chi connectivity index (χ3v) is 2.82. The summed E-state index contributed by atoms with van der Waals surface area (Å²) in [4.78, 5) is 0. The number of benzene rings is 1. The first kappa shape index (κ1) is 15.8. The van der Waals surface area contributed by atoms with E-state index < -0.39 is 6.36 Å². The van der Waals surface area contributed by atoms with Gasteiger partial charge in [0.25, 0.3) is 0 Å². The summed E-state index contributed by atoms with van der Waals surface area (Å²) in [6.07, 6.45) is -1.08. The smallest absolute Gasteiger partial charge is 0.405 e. The van der Waals surface area contributed by atoms with Gasteiger partial charge in [0.1, 0.15) is 5.75 Å². The number of nitrogens with two attached hydrogens (primary N) is 1. The van der Waals surface area contributed by atoms with Crippen molar-refractivity contribution in [2.45, 2.75) is 45.0 Å². The molecule has 0 bridgehead atoms. The zero-order valence-corrected chi connectivity index (χ0v) is 10.8. The SMILES string of the molecule is CCCCCC(NN)c1ccccc1OC(F)(F)F. The highest BCUT2D eigenvalue weighted by atomic mass is 19.4. The Morgan fingerprint density at radius 2 is 1.95 bits per heavy atom. The third-order valence-electron chi connectivity index (χ3n) is 2.82. The van der Waals surface area contributed by atoms with Crippen LogP contribution >= 0.6 is 0 Å². The summed E-state index contributed by atoms with van der Waals surface area (Å²) in [7, 11) is 0. The van der Waals surface area contributed by atoms with Crippen molar-refractivity contribution in [1.29, 1.82) is 0 Å². The van der Waals surface area contributed by atoms with Crippen molar-refractivity contribution in [3.05, 3.63) is 29.8 Å². The second kappa shape index (κ2) is 7.35. The number of unbranched alkanes of at least 4 members (excludes halogenated alkanes) is 2. The van der Waals surface area contributed by atoms with E-state index in [1.807, 2.05) is 0 Å². The van der Waals surface area contributed by atoms with Gasteiger partial charge in [-0.25, -0.2) is 0 Å². The van der Waals surface area contributed by atoms with E-state index in [4.69, 9.17) is 5.84 Å². The van der Waals surface area contributed by atoms with Gasteiger partial charge in [-0.15, -0.1) is 13.2 Å². The fourth-order valence-electron chi connectivity index (χ4n) is 1.91. The van der Waals surface area contributed by atoms with E-state index in [9.17, 15) is 13.2 Å². The maximum Gasteiger partial charge on any atom is 0.573 e. The largest absolute Gasteiger partial charge is 0.573 e. The third kappa shape index (κ3) is 5.48. The van der Waals surface area contributed by atoms with Crippen LogP contribution in [0.1, 0.15) is 44.2 Å². The summed E-state index contributed by atoms with van der Waals surface area (Å²) in [5, 5.41) is 0. The molecule has 1 rings (SSSR count). The first-order valence-electron chi connectivity index (χ1n) is 6.28. The molecule has 0 fully saturated rings. The number of ether oxygens (including phenoxy) is 1. The van der Waals surface area contributed by atoms with E-state index in [0.29, 0.717) is 12.0 Å². The van der Waals surface area contributed by atoms with E-state index in [1.165, 1.54) is 12.1 Å². The fourth-order valence-corrected chi connectivity index (χ4v) is 1.91. The maximum atomic E-state index is 12.3. The fraction of sp³-hybridized carbons (Fsp3) is 0.538. The molecule has 0 aromatic heterocycles. The van der Waals surface area contributed by atoms with Crippen LogP contribution in [0.15, 0.2) is 24.3 Å². The van der Waals surface area contributed by atoms with Crippen molar-refractivity contribution >= 4 is 0 Å². The van der Waals surface area contributed by atoms with Gasteiger partial charge in [-0.3, -0.25) is 11.3 Å². The predicted molar refractivity (Wildman–Crippen MR) is 67.3 cm³/mol. The molecule has 0 aliphatic heterocycles. The highest BCUT2D eigenvalue weighted by Crippen LogP contribution is 2.32. The van der Waals surface area contributed by atoms with E-state index >= 15 is 0 Å². The van der Waals surface area contributed by atoms with Crippen LogP contribution in [0.25, 0.3) is 0 Å². The molecule has 1 unspecified atom stereocenters. The molecule has 0 saturated carbocycles. The molecule has 0 radical (unpaired) electrons. The Hall–Kier alpha value is -1.27. The maximum absolute atomic E-state index is 12.3. The van der Waals surface area contributed by atoms with E-state index in [1.54, 1.807) is 12.1 Å².